The van der Waals surface area contributed by atoms with Crippen molar-refractivity contribution < 1.29 is 9.53 Å². The van der Waals surface area contributed by atoms with Gasteiger partial charge in [-0.05, 0) is 48.7 Å². The molecule has 0 aromatic carbocycles. The highest BCUT2D eigenvalue weighted by Crippen LogP contribution is 2.37. The lowest BCUT2D eigenvalue weighted by Crippen LogP contribution is -2.44. The summed E-state index contributed by atoms with van der Waals surface area (Å²) in [6.07, 6.45) is 8.11. The quantitative estimate of drug-likeness (QED) is 0.584. The van der Waals surface area contributed by atoms with Gasteiger partial charge in [-0.3, -0.25) is 0 Å². The van der Waals surface area contributed by atoms with E-state index < -0.39 is 5.54 Å². The maximum atomic E-state index is 12.6. The highest BCUT2D eigenvalue weighted by Gasteiger charge is 2.43. The van der Waals surface area contributed by atoms with Crippen LogP contribution in [0.1, 0.15) is 46.0 Å². The van der Waals surface area contributed by atoms with Crippen LogP contribution in [-0.2, 0) is 15.1 Å². The third kappa shape index (κ3) is 3.60. The Balaban J connectivity index is 2.00. The predicted octanol–water partition coefficient (Wildman–Crippen LogP) is 3.76. The average Bonchev–Trinajstić information content (AvgIpc) is 3.11. The number of hydrogen-bond donors (Lipinski definition) is 1. The second-order valence-corrected chi connectivity index (χ2v) is 7.80. The first-order valence-electron chi connectivity index (χ1n) is 8.90. The summed E-state index contributed by atoms with van der Waals surface area (Å²) in [4.78, 5) is 16.9. The van der Waals surface area contributed by atoms with Gasteiger partial charge in [-0.2, -0.15) is 0 Å². The summed E-state index contributed by atoms with van der Waals surface area (Å²) in [5.74, 6) is -0.247. The number of carbonyl (C=O) groups is 1. The minimum absolute atomic E-state index is 0.247. The zero-order valence-electron chi connectivity index (χ0n) is 15.3. The van der Waals surface area contributed by atoms with Gasteiger partial charge in [0.15, 0.2) is 5.54 Å². The monoisotopic (exact) mass is 421 g/mol. The Bertz CT molecular complexity index is 784. The van der Waals surface area contributed by atoms with Crippen LogP contribution < -0.4 is 5.32 Å². The van der Waals surface area contributed by atoms with E-state index in [-0.39, 0.29) is 12.0 Å². The Morgan fingerprint density at radius 2 is 2.08 bits per heavy atom. The maximum Gasteiger partial charge on any atom is 0.333 e. The van der Waals surface area contributed by atoms with Crippen LogP contribution in [0.5, 0.6) is 0 Å². The lowest BCUT2D eigenvalue weighted by Gasteiger charge is -2.34. The van der Waals surface area contributed by atoms with Crippen LogP contribution in [-0.4, -0.2) is 39.1 Å². The molecule has 1 saturated carbocycles. The van der Waals surface area contributed by atoms with Crippen LogP contribution in [0.2, 0.25) is 0 Å². The third-order valence-electron chi connectivity index (χ3n) is 4.77. The SMILES string of the molecule is COC(=O)C1(n2cc(-c3cnc(Br)cc3NC(C)C)nn2)CCCCC1. The lowest BCUT2D eigenvalue weighted by atomic mass is 9.82. The van der Waals surface area contributed by atoms with Crippen LogP contribution in [0.3, 0.4) is 0 Å². The molecule has 2 aromatic heterocycles. The summed E-state index contributed by atoms with van der Waals surface area (Å²) in [6.45, 7) is 4.15. The van der Waals surface area contributed by atoms with Gasteiger partial charge in [0.05, 0.1) is 13.3 Å². The van der Waals surface area contributed by atoms with Gasteiger partial charge >= 0.3 is 5.97 Å². The zero-order valence-corrected chi connectivity index (χ0v) is 16.9. The summed E-state index contributed by atoms with van der Waals surface area (Å²) < 4.78 is 7.53. The normalized spacial score (nSPS) is 16.5. The van der Waals surface area contributed by atoms with Crippen molar-refractivity contribution in [2.45, 2.75) is 57.5 Å². The number of halogens is 1. The predicted molar refractivity (Wildman–Crippen MR) is 103 cm³/mol. The molecule has 0 amide bonds. The lowest BCUT2D eigenvalue weighted by molar-refractivity contribution is -0.154. The first-order valence-corrected chi connectivity index (χ1v) is 9.69. The summed E-state index contributed by atoms with van der Waals surface area (Å²) in [5.41, 5.74) is 1.70. The smallest absolute Gasteiger partial charge is 0.333 e. The van der Waals surface area contributed by atoms with E-state index in [0.717, 1.165) is 48.0 Å². The Labute approximate surface area is 161 Å². The number of pyridine rings is 1. The number of anilines is 1. The Morgan fingerprint density at radius 3 is 2.73 bits per heavy atom. The topological polar surface area (TPSA) is 81.9 Å². The van der Waals surface area contributed by atoms with Crippen molar-refractivity contribution in [2.24, 2.45) is 0 Å². The van der Waals surface area contributed by atoms with Gasteiger partial charge in [0, 0.05) is 23.5 Å². The molecule has 2 heterocycles. The van der Waals surface area contributed by atoms with E-state index in [4.69, 9.17) is 4.74 Å². The van der Waals surface area contributed by atoms with Crippen molar-refractivity contribution in [2.75, 3.05) is 12.4 Å². The molecule has 140 valence electrons. The molecule has 26 heavy (non-hydrogen) atoms. The van der Waals surface area contributed by atoms with E-state index in [0.29, 0.717) is 5.69 Å². The summed E-state index contributed by atoms with van der Waals surface area (Å²) in [7, 11) is 1.43. The van der Waals surface area contributed by atoms with Crippen molar-refractivity contribution in [1.29, 1.82) is 0 Å². The number of aromatic nitrogens is 4. The van der Waals surface area contributed by atoms with Crippen molar-refractivity contribution in [3.05, 3.63) is 23.1 Å². The number of carbonyl (C=O) groups excluding carboxylic acids is 1. The van der Waals surface area contributed by atoms with Gasteiger partial charge in [-0.1, -0.05) is 24.5 Å². The minimum atomic E-state index is -0.757. The molecule has 3 rings (SSSR count). The molecule has 0 aliphatic heterocycles. The van der Waals surface area contributed by atoms with Gasteiger partial charge in [0.25, 0.3) is 0 Å². The summed E-state index contributed by atoms with van der Waals surface area (Å²) >= 11 is 3.41. The van der Waals surface area contributed by atoms with Crippen LogP contribution >= 0.6 is 15.9 Å². The van der Waals surface area contributed by atoms with Gasteiger partial charge < -0.3 is 10.1 Å². The largest absolute Gasteiger partial charge is 0.467 e. The second-order valence-electron chi connectivity index (χ2n) is 6.98. The molecule has 1 N–H and O–H groups in total. The number of methoxy groups -OCH3 is 1. The molecule has 0 atom stereocenters. The number of esters is 1. The first kappa shape index (κ1) is 18.8. The zero-order chi connectivity index (χ0) is 18.7. The van der Waals surface area contributed by atoms with E-state index in [9.17, 15) is 4.79 Å². The molecule has 0 spiro atoms. The fraction of sp³-hybridized carbons (Fsp3) is 0.556. The molecule has 8 heteroatoms. The Morgan fingerprint density at radius 1 is 1.35 bits per heavy atom. The molecule has 1 aliphatic carbocycles. The van der Waals surface area contributed by atoms with Crippen LogP contribution in [0.25, 0.3) is 11.3 Å². The van der Waals surface area contributed by atoms with Crippen LogP contribution in [0.15, 0.2) is 23.1 Å². The summed E-state index contributed by atoms with van der Waals surface area (Å²) in [6, 6.07) is 2.18. The molecule has 1 aliphatic rings. The second kappa shape index (κ2) is 7.73. The highest BCUT2D eigenvalue weighted by molar-refractivity contribution is 9.10. The van der Waals surface area contributed by atoms with E-state index in [1.165, 1.54) is 7.11 Å². The maximum absolute atomic E-state index is 12.6. The Kier molecular flexibility index (Phi) is 5.60. The molecule has 0 radical (unpaired) electrons. The van der Waals surface area contributed by atoms with Crippen LogP contribution in [0.4, 0.5) is 5.69 Å². The van der Waals surface area contributed by atoms with Gasteiger partial charge in [-0.15, -0.1) is 5.10 Å². The average molecular weight is 422 g/mol. The molecular formula is C18H24BrN5O2. The molecule has 0 saturated heterocycles. The van der Waals surface area contributed by atoms with Crippen molar-refractivity contribution in [3.8, 4) is 11.3 Å². The molecule has 1 fully saturated rings. The molecule has 0 bridgehead atoms. The van der Waals surface area contributed by atoms with Gasteiger partial charge in [-0.25, -0.2) is 14.5 Å². The highest BCUT2D eigenvalue weighted by atomic mass is 79.9. The molecular weight excluding hydrogens is 398 g/mol. The van der Waals surface area contributed by atoms with E-state index in [2.05, 4.69) is 50.4 Å². The fourth-order valence-corrected chi connectivity index (χ4v) is 3.85. The molecule has 0 unspecified atom stereocenters. The van der Waals surface area contributed by atoms with Crippen LogP contribution in [0, 0.1) is 0 Å². The first-order chi connectivity index (χ1) is 12.5. The fourth-order valence-electron chi connectivity index (χ4n) is 3.51. The summed E-state index contributed by atoms with van der Waals surface area (Å²) in [5, 5.41) is 12.0. The van der Waals surface area contributed by atoms with Gasteiger partial charge in [0.1, 0.15) is 10.3 Å². The van der Waals surface area contributed by atoms with Crippen molar-refractivity contribution in [3.63, 3.8) is 0 Å². The number of hydrogen-bond acceptors (Lipinski definition) is 6. The number of rotatable bonds is 5. The number of ether oxygens (including phenoxy) is 1. The minimum Gasteiger partial charge on any atom is -0.467 e. The van der Waals surface area contributed by atoms with E-state index in [1.807, 2.05) is 12.3 Å². The molecule has 2 aromatic rings. The van der Waals surface area contributed by atoms with Crippen molar-refractivity contribution in [1.82, 2.24) is 20.0 Å². The van der Waals surface area contributed by atoms with E-state index in [1.54, 1.807) is 10.9 Å². The van der Waals surface area contributed by atoms with Crippen molar-refractivity contribution >= 4 is 27.6 Å². The number of nitrogens with zero attached hydrogens (tertiary/aromatic N) is 4. The van der Waals surface area contributed by atoms with E-state index >= 15 is 0 Å². The molecule has 7 nitrogen and oxygen atoms in total. The number of nitrogens with one attached hydrogen (secondary N) is 1. The standard InChI is InChI=1S/C18H24BrN5O2/c1-12(2)21-14-9-16(19)20-10-13(14)15-11-24(23-22-15)18(17(25)26-3)7-5-4-6-8-18/h9-12H,4-8H2,1-3H3,(H,20,21). The Hall–Kier alpha value is -1.96. The third-order valence-corrected chi connectivity index (χ3v) is 5.20. The van der Waals surface area contributed by atoms with Gasteiger partial charge in [0.2, 0.25) is 0 Å².